The third-order valence-corrected chi connectivity index (χ3v) is 19.0. The molecule has 0 bridgehead atoms. The molecule has 0 fully saturated rings. The van der Waals surface area contributed by atoms with Gasteiger partial charge in [0.05, 0.1) is 26.4 Å². The van der Waals surface area contributed by atoms with Crippen LogP contribution in [0.1, 0.15) is 369 Å². The summed E-state index contributed by atoms with van der Waals surface area (Å²) < 4.78 is 68.3. The number of hydrogen-bond donors (Lipinski definition) is 3. The van der Waals surface area contributed by atoms with Crippen LogP contribution in [0.3, 0.4) is 0 Å². The molecule has 0 rings (SSSR count). The van der Waals surface area contributed by atoms with Crippen LogP contribution in [0.15, 0.2) is 0 Å². The van der Waals surface area contributed by atoms with Crippen LogP contribution in [-0.2, 0) is 65.4 Å². The van der Waals surface area contributed by atoms with Gasteiger partial charge in [-0.1, -0.05) is 318 Å². The first-order valence-corrected chi connectivity index (χ1v) is 40.5. The number of carbonyl (C=O) groups is 4. The number of rotatable bonds is 71. The Kier molecular flexibility index (Phi) is 62.7. The third-order valence-electron chi connectivity index (χ3n) is 17.1. The van der Waals surface area contributed by atoms with Crippen molar-refractivity contribution < 1.29 is 80.2 Å². The van der Waals surface area contributed by atoms with Gasteiger partial charge in [0.2, 0.25) is 0 Å². The van der Waals surface area contributed by atoms with Crippen LogP contribution >= 0.6 is 15.6 Å². The Labute approximate surface area is 556 Å². The first kappa shape index (κ1) is 89.1. The summed E-state index contributed by atoms with van der Waals surface area (Å²) in [7, 11) is -9.90. The predicted octanol–water partition coefficient (Wildman–Crippen LogP) is 20.8. The summed E-state index contributed by atoms with van der Waals surface area (Å²) in [6, 6.07) is 0. The Hall–Kier alpha value is -1.94. The Morgan fingerprint density at radius 3 is 0.835 bits per heavy atom. The van der Waals surface area contributed by atoms with E-state index in [9.17, 15) is 43.2 Å². The topological polar surface area (TPSA) is 237 Å². The van der Waals surface area contributed by atoms with Crippen LogP contribution in [0.2, 0.25) is 0 Å². The van der Waals surface area contributed by atoms with Crippen LogP contribution in [0.25, 0.3) is 0 Å². The van der Waals surface area contributed by atoms with Gasteiger partial charge < -0.3 is 33.8 Å². The normalized spacial score (nSPS) is 14.4. The van der Waals surface area contributed by atoms with Gasteiger partial charge in [-0.25, -0.2) is 9.13 Å². The number of unbranched alkanes of at least 4 members (excludes halogenated alkanes) is 40. The van der Waals surface area contributed by atoms with E-state index in [1.54, 1.807) is 0 Å². The van der Waals surface area contributed by atoms with Gasteiger partial charge >= 0.3 is 39.5 Å². The number of hydrogen-bond acceptors (Lipinski definition) is 15. The van der Waals surface area contributed by atoms with Crippen molar-refractivity contribution in [2.24, 2.45) is 11.8 Å². The maximum atomic E-state index is 13.0. The van der Waals surface area contributed by atoms with Crippen LogP contribution in [0.4, 0.5) is 0 Å². The minimum Gasteiger partial charge on any atom is -0.462 e. The lowest BCUT2D eigenvalue weighted by Crippen LogP contribution is -2.30. The van der Waals surface area contributed by atoms with Gasteiger partial charge in [0.1, 0.15) is 19.3 Å². The number of ether oxygens (including phenoxy) is 4. The number of esters is 4. The van der Waals surface area contributed by atoms with Crippen molar-refractivity contribution in [3.63, 3.8) is 0 Å². The molecule has 91 heavy (non-hydrogen) atoms. The van der Waals surface area contributed by atoms with Crippen molar-refractivity contribution in [2.45, 2.75) is 387 Å². The van der Waals surface area contributed by atoms with E-state index in [1.165, 1.54) is 180 Å². The van der Waals surface area contributed by atoms with Crippen molar-refractivity contribution in [1.82, 2.24) is 0 Å². The van der Waals surface area contributed by atoms with Gasteiger partial charge in [0.15, 0.2) is 12.2 Å². The number of aliphatic hydroxyl groups is 1. The quantitative estimate of drug-likeness (QED) is 0.0222. The minimum absolute atomic E-state index is 0.105. The molecule has 0 aromatic heterocycles. The van der Waals surface area contributed by atoms with E-state index in [0.29, 0.717) is 25.7 Å². The van der Waals surface area contributed by atoms with E-state index in [4.69, 9.17) is 37.0 Å². The lowest BCUT2D eigenvalue weighted by Gasteiger charge is -2.21. The summed E-state index contributed by atoms with van der Waals surface area (Å²) in [5.41, 5.74) is 0. The second kappa shape index (κ2) is 64.1. The van der Waals surface area contributed by atoms with Crippen LogP contribution in [-0.4, -0.2) is 96.7 Å². The third kappa shape index (κ3) is 65.1. The molecule has 6 atom stereocenters. The Morgan fingerprint density at radius 2 is 0.560 bits per heavy atom. The second-order valence-electron chi connectivity index (χ2n) is 26.7. The van der Waals surface area contributed by atoms with Crippen LogP contribution in [0.5, 0.6) is 0 Å². The second-order valence-corrected chi connectivity index (χ2v) is 29.6. The molecule has 0 spiro atoms. The standard InChI is InChI=1S/C72H140O17P2/c1-7-10-12-14-16-18-19-20-21-24-27-30-37-43-49-55-70(75)83-61-68(88-71(76)56-50-44-38-31-28-25-22-23-26-29-34-40-46-52-64(4)5)63-87-91(80,81)85-59-66(73)58-84-90(78,79)86-62-67(60-82-69(74)54-48-42-36-17-15-13-11-8-2)89-72(77)57-51-45-39-33-32-35-41-47-53-65(6)9-3/h64-68,73H,7-63H2,1-6H3,(H,78,79)(H,80,81)/t65?,66-,67+,68+/m0/s1. The highest BCUT2D eigenvalue weighted by molar-refractivity contribution is 7.47. The van der Waals surface area contributed by atoms with E-state index >= 15 is 0 Å². The molecule has 0 aromatic carbocycles. The van der Waals surface area contributed by atoms with Crippen LogP contribution in [0, 0.1) is 11.8 Å². The Bertz CT molecular complexity index is 1770. The summed E-state index contributed by atoms with van der Waals surface area (Å²) in [5, 5.41) is 10.6. The zero-order valence-electron chi connectivity index (χ0n) is 59.1. The maximum Gasteiger partial charge on any atom is 0.472 e. The molecule has 0 amide bonds. The van der Waals surface area contributed by atoms with E-state index in [0.717, 1.165) is 108 Å². The fraction of sp³-hybridized carbons (Fsp3) is 0.944. The van der Waals surface area contributed by atoms with Gasteiger partial charge in [-0.15, -0.1) is 0 Å². The van der Waals surface area contributed by atoms with Crippen molar-refractivity contribution in [1.29, 1.82) is 0 Å². The fourth-order valence-corrected chi connectivity index (χ4v) is 12.5. The molecule has 0 aromatic rings. The molecule has 0 radical (unpaired) electrons. The molecule has 0 aliphatic carbocycles. The number of phosphoric acid groups is 2. The number of carbonyl (C=O) groups excluding carboxylic acids is 4. The molecule has 0 aliphatic rings. The van der Waals surface area contributed by atoms with Crippen LogP contribution < -0.4 is 0 Å². The Morgan fingerprint density at radius 1 is 0.319 bits per heavy atom. The summed E-state index contributed by atoms with van der Waals surface area (Å²) >= 11 is 0. The zero-order valence-corrected chi connectivity index (χ0v) is 60.9. The predicted molar refractivity (Wildman–Crippen MR) is 368 cm³/mol. The number of aliphatic hydroxyl groups excluding tert-OH is 1. The molecule has 0 saturated carbocycles. The zero-order chi connectivity index (χ0) is 67.2. The first-order valence-electron chi connectivity index (χ1n) is 37.5. The maximum absolute atomic E-state index is 13.0. The van der Waals surface area contributed by atoms with Gasteiger partial charge in [-0.2, -0.15) is 0 Å². The lowest BCUT2D eigenvalue weighted by atomic mass is 9.99. The first-order chi connectivity index (χ1) is 43.9. The number of phosphoric ester groups is 2. The molecular weight excluding hydrogens is 1200 g/mol. The highest BCUT2D eigenvalue weighted by atomic mass is 31.2. The van der Waals surface area contributed by atoms with E-state index < -0.39 is 97.5 Å². The summed E-state index contributed by atoms with van der Waals surface area (Å²) in [6.07, 6.45) is 49.9. The fourth-order valence-electron chi connectivity index (χ4n) is 10.9. The SMILES string of the molecule is CCCCCCCCCCCCCCCCCC(=O)OC[C@H](COP(=O)(O)OC[C@@H](O)COP(=O)(O)OC[C@@H](COC(=O)CCCCCCCCCC)OC(=O)CCCCCCCCCCC(C)CC)OC(=O)CCCCCCCCCCCCCCCC(C)C. The lowest BCUT2D eigenvalue weighted by molar-refractivity contribution is -0.161. The molecule has 17 nitrogen and oxygen atoms in total. The van der Waals surface area contributed by atoms with Crippen molar-refractivity contribution in [3.8, 4) is 0 Å². The van der Waals surface area contributed by atoms with E-state index in [1.807, 2.05) is 0 Å². The molecule has 3 N–H and O–H groups in total. The van der Waals surface area contributed by atoms with Crippen molar-refractivity contribution in [2.75, 3.05) is 39.6 Å². The molecule has 0 saturated heterocycles. The summed E-state index contributed by atoms with van der Waals surface area (Å²) in [5.74, 6) is -0.567. The van der Waals surface area contributed by atoms with Gasteiger partial charge in [-0.05, 0) is 37.5 Å². The van der Waals surface area contributed by atoms with E-state index in [2.05, 4.69) is 41.5 Å². The molecule has 540 valence electrons. The highest BCUT2D eigenvalue weighted by Gasteiger charge is 2.30. The molecule has 0 heterocycles. The smallest absolute Gasteiger partial charge is 0.462 e. The monoisotopic (exact) mass is 1340 g/mol. The molecule has 0 aliphatic heterocycles. The van der Waals surface area contributed by atoms with Gasteiger partial charge in [0, 0.05) is 25.7 Å². The highest BCUT2D eigenvalue weighted by Crippen LogP contribution is 2.45. The molecule has 3 unspecified atom stereocenters. The van der Waals surface area contributed by atoms with Gasteiger partial charge in [0.25, 0.3) is 0 Å². The summed E-state index contributed by atoms with van der Waals surface area (Å²) in [6.45, 7) is 9.56. The van der Waals surface area contributed by atoms with Crippen molar-refractivity contribution >= 4 is 39.5 Å². The van der Waals surface area contributed by atoms with Crippen molar-refractivity contribution in [3.05, 3.63) is 0 Å². The molecular formula is C72H140O17P2. The Balaban J connectivity index is 5.23. The average molecular weight is 1340 g/mol. The molecule has 19 heteroatoms. The van der Waals surface area contributed by atoms with E-state index in [-0.39, 0.29) is 25.7 Å². The average Bonchev–Trinajstić information content (AvgIpc) is 3.40. The largest absolute Gasteiger partial charge is 0.472 e. The summed E-state index contributed by atoms with van der Waals surface area (Å²) in [4.78, 5) is 72.6. The van der Waals surface area contributed by atoms with Gasteiger partial charge in [-0.3, -0.25) is 37.3 Å². The minimum atomic E-state index is -4.95.